The van der Waals surface area contributed by atoms with Gasteiger partial charge in [0.2, 0.25) is 11.0 Å². The van der Waals surface area contributed by atoms with Crippen LogP contribution in [0.3, 0.4) is 0 Å². The van der Waals surface area contributed by atoms with E-state index in [1.165, 1.54) is 28.7 Å². The van der Waals surface area contributed by atoms with Gasteiger partial charge in [-0.05, 0) is 56.4 Å². The van der Waals surface area contributed by atoms with Gasteiger partial charge < -0.3 is 10.6 Å². The number of nitrogens with one attached hydrogen (secondary N) is 3. The van der Waals surface area contributed by atoms with Gasteiger partial charge in [0.1, 0.15) is 5.01 Å². The monoisotopic (exact) mass is 429 g/mol. The second-order valence-corrected chi connectivity index (χ2v) is 8.57. The van der Waals surface area contributed by atoms with Crippen LogP contribution in [0.4, 0.5) is 16.5 Å². The zero-order chi connectivity index (χ0) is 19.9. The summed E-state index contributed by atoms with van der Waals surface area (Å²) in [5.74, 6) is 0.171. The minimum absolute atomic E-state index is 0.115. The Morgan fingerprint density at radius 1 is 1.04 bits per heavy atom. The maximum atomic E-state index is 12.0. The number of hydrogen-bond acceptors (Lipinski definition) is 6. The summed E-state index contributed by atoms with van der Waals surface area (Å²) < 4.78 is 0. The average molecular weight is 430 g/mol. The summed E-state index contributed by atoms with van der Waals surface area (Å²) in [5, 5.41) is 18.7. The number of benzene rings is 2. The van der Waals surface area contributed by atoms with Crippen LogP contribution in [0.2, 0.25) is 0 Å². The zero-order valence-corrected chi connectivity index (χ0v) is 17.8. The van der Waals surface area contributed by atoms with Gasteiger partial charge in [-0.15, -0.1) is 22.0 Å². The molecule has 1 aromatic heterocycles. The fraction of sp³-hybridized carbons (Fsp3) is 0.158. The topological polar surface area (TPSA) is 78.9 Å². The lowest BCUT2D eigenvalue weighted by atomic mass is 10.2. The van der Waals surface area contributed by atoms with Crippen molar-refractivity contribution in [2.75, 3.05) is 21.7 Å². The van der Waals surface area contributed by atoms with E-state index in [-0.39, 0.29) is 11.7 Å². The number of carbonyl (C=O) groups is 1. The highest BCUT2D eigenvalue weighted by atomic mass is 32.2. The summed E-state index contributed by atoms with van der Waals surface area (Å²) in [7, 11) is 0. The third-order valence-electron chi connectivity index (χ3n) is 3.54. The van der Waals surface area contributed by atoms with E-state index in [4.69, 9.17) is 12.2 Å². The maximum absolute atomic E-state index is 12.0. The van der Waals surface area contributed by atoms with Crippen LogP contribution in [0, 0.1) is 13.8 Å². The van der Waals surface area contributed by atoms with Crippen molar-refractivity contribution in [3.05, 3.63) is 59.1 Å². The molecule has 0 saturated carbocycles. The molecule has 0 saturated heterocycles. The molecule has 28 heavy (non-hydrogen) atoms. The Balaban J connectivity index is 1.51. The highest BCUT2D eigenvalue weighted by Crippen LogP contribution is 2.22. The summed E-state index contributed by atoms with van der Waals surface area (Å²) in [6.45, 7) is 3.89. The molecule has 0 spiro atoms. The highest BCUT2D eigenvalue weighted by Gasteiger charge is 2.08. The predicted molar refractivity (Wildman–Crippen MR) is 121 cm³/mol. The maximum Gasteiger partial charge on any atom is 0.236 e. The SMILES string of the molecule is Cc1ccc(NC(=S)Nc2cccc(SCC(=O)Nc3nnc(C)s3)c2)cc1. The summed E-state index contributed by atoms with van der Waals surface area (Å²) in [5.41, 5.74) is 2.98. The number of thioether (sulfide) groups is 1. The Morgan fingerprint density at radius 2 is 1.79 bits per heavy atom. The van der Waals surface area contributed by atoms with E-state index in [2.05, 4.69) is 26.1 Å². The van der Waals surface area contributed by atoms with Crippen molar-refractivity contribution in [2.45, 2.75) is 18.7 Å². The van der Waals surface area contributed by atoms with Gasteiger partial charge in [-0.2, -0.15) is 0 Å². The number of hydrogen-bond donors (Lipinski definition) is 3. The molecule has 3 N–H and O–H groups in total. The first kappa shape index (κ1) is 20.2. The fourth-order valence-corrected chi connectivity index (χ4v) is 3.84. The Hall–Kier alpha value is -2.49. The molecule has 0 unspecified atom stereocenters. The second-order valence-electron chi connectivity index (χ2n) is 5.94. The quantitative estimate of drug-likeness (QED) is 0.387. The molecular weight excluding hydrogens is 410 g/mol. The third kappa shape index (κ3) is 6.29. The number of nitrogens with zero attached hydrogens (tertiary/aromatic N) is 2. The lowest BCUT2D eigenvalue weighted by Crippen LogP contribution is -2.19. The van der Waals surface area contributed by atoms with E-state index in [0.29, 0.717) is 10.2 Å². The van der Waals surface area contributed by atoms with E-state index in [1.54, 1.807) is 0 Å². The molecule has 0 aliphatic heterocycles. The first-order chi connectivity index (χ1) is 13.5. The molecule has 0 aliphatic carbocycles. The van der Waals surface area contributed by atoms with Crippen LogP contribution in [0.15, 0.2) is 53.4 Å². The van der Waals surface area contributed by atoms with E-state index >= 15 is 0 Å². The van der Waals surface area contributed by atoms with Gasteiger partial charge in [0.05, 0.1) is 5.75 Å². The van der Waals surface area contributed by atoms with Crippen LogP contribution < -0.4 is 16.0 Å². The Kier molecular flexibility index (Phi) is 6.96. The Morgan fingerprint density at radius 3 is 2.50 bits per heavy atom. The van der Waals surface area contributed by atoms with E-state index in [0.717, 1.165) is 21.3 Å². The average Bonchev–Trinajstić information content (AvgIpc) is 3.07. The summed E-state index contributed by atoms with van der Waals surface area (Å²) in [4.78, 5) is 13.0. The van der Waals surface area contributed by atoms with E-state index in [1.807, 2.05) is 62.4 Å². The van der Waals surface area contributed by atoms with Gasteiger partial charge in [0.25, 0.3) is 0 Å². The molecule has 0 bridgehead atoms. The molecule has 2 aromatic carbocycles. The van der Waals surface area contributed by atoms with Crippen LogP contribution in [-0.4, -0.2) is 27.0 Å². The van der Waals surface area contributed by atoms with Crippen LogP contribution in [-0.2, 0) is 4.79 Å². The van der Waals surface area contributed by atoms with Crippen molar-refractivity contribution in [2.24, 2.45) is 0 Å². The van der Waals surface area contributed by atoms with Gasteiger partial charge >= 0.3 is 0 Å². The molecule has 0 radical (unpaired) electrons. The molecular formula is C19H19N5OS3. The fourth-order valence-electron chi connectivity index (χ4n) is 2.25. The first-order valence-corrected chi connectivity index (χ1v) is 10.7. The smallest absolute Gasteiger partial charge is 0.236 e. The molecule has 6 nitrogen and oxygen atoms in total. The molecule has 0 atom stereocenters. The van der Waals surface area contributed by atoms with Crippen LogP contribution in [0.25, 0.3) is 0 Å². The third-order valence-corrected chi connectivity index (χ3v) is 5.50. The molecule has 3 aromatic rings. The minimum Gasteiger partial charge on any atom is -0.332 e. The van der Waals surface area contributed by atoms with Gasteiger partial charge in [-0.1, -0.05) is 35.1 Å². The van der Waals surface area contributed by atoms with Crippen molar-refractivity contribution < 1.29 is 4.79 Å². The number of anilines is 3. The number of thiocarbonyl (C=S) groups is 1. The number of carbonyl (C=O) groups excluding carboxylic acids is 1. The molecule has 1 heterocycles. The molecule has 0 aliphatic rings. The van der Waals surface area contributed by atoms with Gasteiger partial charge in [-0.3, -0.25) is 10.1 Å². The molecule has 1 amide bonds. The minimum atomic E-state index is -0.115. The summed E-state index contributed by atoms with van der Waals surface area (Å²) in [6, 6.07) is 15.8. The molecule has 0 fully saturated rings. The predicted octanol–water partition coefficient (Wildman–Crippen LogP) is 4.69. The lowest BCUT2D eigenvalue weighted by molar-refractivity contribution is -0.113. The summed E-state index contributed by atoms with van der Waals surface area (Å²) >= 11 is 8.17. The van der Waals surface area contributed by atoms with Crippen LogP contribution >= 0.6 is 35.3 Å². The number of amides is 1. The summed E-state index contributed by atoms with van der Waals surface area (Å²) in [6.07, 6.45) is 0. The van der Waals surface area contributed by atoms with E-state index in [9.17, 15) is 4.79 Å². The first-order valence-electron chi connectivity index (χ1n) is 8.45. The molecule has 9 heteroatoms. The molecule has 144 valence electrons. The van der Waals surface area contributed by atoms with Crippen molar-refractivity contribution >= 4 is 62.8 Å². The zero-order valence-electron chi connectivity index (χ0n) is 15.4. The number of aryl methyl sites for hydroxylation is 2. The lowest BCUT2D eigenvalue weighted by Gasteiger charge is -2.11. The van der Waals surface area contributed by atoms with Crippen LogP contribution in [0.5, 0.6) is 0 Å². The van der Waals surface area contributed by atoms with Gasteiger partial charge in [0, 0.05) is 16.3 Å². The van der Waals surface area contributed by atoms with Gasteiger partial charge in [0.15, 0.2) is 5.11 Å². The van der Waals surface area contributed by atoms with E-state index < -0.39 is 0 Å². The number of rotatable bonds is 6. The Bertz CT molecular complexity index is 972. The normalized spacial score (nSPS) is 10.4. The standard InChI is InChI=1S/C19H19N5OS3/c1-12-6-8-14(9-7-12)20-18(26)21-15-4-3-5-16(10-15)27-11-17(25)22-19-24-23-13(2)28-19/h3-10H,11H2,1-2H3,(H2,20,21,26)(H,22,24,25). The second kappa shape index (κ2) is 9.63. The largest absolute Gasteiger partial charge is 0.332 e. The van der Waals surface area contributed by atoms with Crippen molar-refractivity contribution in [1.82, 2.24) is 10.2 Å². The van der Waals surface area contributed by atoms with Crippen molar-refractivity contribution in [1.29, 1.82) is 0 Å². The number of aromatic nitrogens is 2. The van der Waals surface area contributed by atoms with Crippen molar-refractivity contribution in [3.8, 4) is 0 Å². The Labute approximate surface area is 177 Å². The highest BCUT2D eigenvalue weighted by molar-refractivity contribution is 8.00. The molecule has 3 rings (SSSR count). The van der Waals surface area contributed by atoms with Gasteiger partial charge in [-0.25, -0.2) is 0 Å². The van der Waals surface area contributed by atoms with Crippen molar-refractivity contribution in [3.63, 3.8) is 0 Å². The van der Waals surface area contributed by atoms with Crippen LogP contribution in [0.1, 0.15) is 10.6 Å².